The first-order valence-electron chi connectivity index (χ1n) is 7.81. The Morgan fingerprint density at radius 2 is 1.64 bits per heavy atom. The number of hydrogen-bond donors (Lipinski definition) is 3. The van der Waals surface area contributed by atoms with E-state index in [1.54, 1.807) is 45.0 Å². The van der Waals surface area contributed by atoms with Crippen molar-refractivity contribution in [2.45, 2.75) is 32.9 Å². The summed E-state index contributed by atoms with van der Waals surface area (Å²) in [5.74, 6) is -0.569. The maximum absolute atomic E-state index is 11.8. The van der Waals surface area contributed by atoms with E-state index >= 15 is 0 Å². The fraction of sp³-hybridized carbons (Fsp3) is 0.471. The van der Waals surface area contributed by atoms with E-state index < -0.39 is 11.7 Å². The molecule has 0 aliphatic rings. The molecule has 0 spiro atoms. The Morgan fingerprint density at radius 3 is 2.20 bits per heavy atom. The van der Waals surface area contributed by atoms with E-state index in [0.717, 1.165) is 5.56 Å². The van der Waals surface area contributed by atoms with Crippen molar-refractivity contribution in [3.8, 4) is 0 Å². The van der Waals surface area contributed by atoms with E-state index in [1.165, 1.54) is 7.11 Å². The summed E-state index contributed by atoms with van der Waals surface area (Å²) in [5, 5.41) is 7.74. The lowest BCUT2D eigenvalue weighted by molar-refractivity contribution is -0.124. The van der Waals surface area contributed by atoms with Gasteiger partial charge in [0.2, 0.25) is 11.8 Å². The lowest BCUT2D eigenvalue weighted by atomic mass is 10.2. The maximum atomic E-state index is 11.8. The summed E-state index contributed by atoms with van der Waals surface area (Å²) in [6, 6.07) is 6.99. The molecule has 0 aliphatic heterocycles. The molecule has 1 rings (SSSR count). The molecule has 3 amide bonds. The molecule has 0 aromatic heterocycles. The van der Waals surface area contributed by atoms with Gasteiger partial charge in [0.1, 0.15) is 18.8 Å². The molecule has 0 radical (unpaired) electrons. The molecule has 1 aromatic rings. The number of benzene rings is 1. The van der Waals surface area contributed by atoms with Gasteiger partial charge >= 0.3 is 6.09 Å². The van der Waals surface area contributed by atoms with Crippen molar-refractivity contribution in [2.24, 2.45) is 0 Å². The van der Waals surface area contributed by atoms with Gasteiger partial charge in [-0.1, -0.05) is 12.1 Å². The van der Waals surface area contributed by atoms with Crippen LogP contribution in [0.2, 0.25) is 0 Å². The zero-order valence-corrected chi connectivity index (χ0v) is 15.0. The number of amides is 3. The van der Waals surface area contributed by atoms with Crippen molar-refractivity contribution in [1.82, 2.24) is 10.6 Å². The van der Waals surface area contributed by atoms with E-state index in [-0.39, 0.29) is 25.0 Å². The number of ether oxygens (including phenoxy) is 2. The molecule has 0 atom stereocenters. The van der Waals surface area contributed by atoms with Gasteiger partial charge < -0.3 is 25.4 Å². The van der Waals surface area contributed by atoms with E-state index in [2.05, 4.69) is 16.0 Å². The van der Waals surface area contributed by atoms with Gasteiger partial charge in [-0.05, 0) is 38.5 Å². The van der Waals surface area contributed by atoms with Gasteiger partial charge in [-0.15, -0.1) is 0 Å². The lowest BCUT2D eigenvalue weighted by Crippen LogP contribution is -2.37. The van der Waals surface area contributed by atoms with Gasteiger partial charge in [-0.2, -0.15) is 0 Å². The highest BCUT2D eigenvalue weighted by Crippen LogP contribution is 2.09. The van der Waals surface area contributed by atoms with Crippen LogP contribution in [0, 0.1) is 0 Å². The van der Waals surface area contributed by atoms with Crippen molar-refractivity contribution in [3.05, 3.63) is 29.8 Å². The van der Waals surface area contributed by atoms with Crippen LogP contribution in [0.15, 0.2) is 24.3 Å². The lowest BCUT2D eigenvalue weighted by Gasteiger charge is -2.19. The van der Waals surface area contributed by atoms with Crippen molar-refractivity contribution in [3.63, 3.8) is 0 Å². The first kappa shape index (κ1) is 20.4. The summed E-state index contributed by atoms with van der Waals surface area (Å²) in [6.07, 6.45) is -0.648. The number of anilines is 1. The highest BCUT2D eigenvalue weighted by molar-refractivity contribution is 5.93. The van der Waals surface area contributed by atoms with Gasteiger partial charge in [-0.3, -0.25) is 9.59 Å². The molecular formula is C17H25N3O5. The van der Waals surface area contributed by atoms with Crippen LogP contribution >= 0.6 is 0 Å². The standard InChI is InChI=1S/C17H25N3O5/c1-17(2,3)25-16(23)19-10-14(21)20-13-7-5-12(6-8-13)9-18-15(22)11-24-4/h5-8H,9-11H2,1-4H3,(H,18,22)(H,19,23)(H,20,21). The summed E-state index contributed by atoms with van der Waals surface area (Å²) in [6.45, 7) is 5.42. The van der Waals surface area contributed by atoms with E-state index in [1.807, 2.05) is 0 Å². The van der Waals surface area contributed by atoms with Crippen molar-refractivity contribution >= 4 is 23.6 Å². The Balaban J connectivity index is 2.38. The van der Waals surface area contributed by atoms with Crippen LogP contribution < -0.4 is 16.0 Å². The maximum Gasteiger partial charge on any atom is 0.408 e. The molecule has 0 heterocycles. The summed E-state index contributed by atoms with van der Waals surface area (Å²) in [7, 11) is 1.45. The molecule has 0 unspecified atom stereocenters. The average molecular weight is 351 g/mol. The van der Waals surface area contributed by atoms with Crippen molar-refractivity contribution in [2.75, 3.05) is 25.6 Å². The monoisotopic (exact) mass is 351 g/mol. The molecule has 0 saturated heterocycles. The Morgan fingerprint density at radius 1 is 1.00 bits per heavy atom. The number of carbonyl (C=O) groups excluding carboxylic acids is 3. The van der Waals surface area contributed by atoms with Gasteiger partial charge in [-0.25, -0.2) is 4.79 Å². The van der Waals surface area contributed by atoms with Gasteiger partial charge in [0.25, 0.3) is 0 Å². The van der Waals surface area contributed by atoms with E-state index in [9.17, 15) is 14.4 Å². The first-order chi connectivity index (χ1) is 11.7. The number of hydrogen-bond acceptors (Lipinski definition) is 5. The summed E-state index contributed by atoms with van der Waals surface area (Å²) in [4.78, 5) is 34.6. The number of rotatable bonds is 7. The second kappa shape index (κ2) is 9.63. The predicted octanol–water partition coefficient (Wildman–Crippen LogP) is 1.41. The zero-order valence-electron chi connectivity index (χ0n) is 15.0. The van der Waals surface area contributed by atoms with Crippen LogP contribution in [0.4, 0.5) is 10.5 Å². The fourth-order valence-corrected chi connectivity index (χ4v) is 1.76. The number of methoxy groups -OCH3 is 1. The molecular weight excluding hydrogens is 326 g/mol. The largest absolute Gasteiger partial charge is 0.444 e. The average Bonchev–Trinajstić information content (AvgIpc) is 2.51. The Labute approximate surface area is 147 Å². The molecule has 3 N–H and O–H groups in total. The summed E-state index contributed by atoms with van der Waals surface area (Å²) >= 11 is 0. The van der Waals surface area contributed by atoms with Crippen LogP contribution in [-0.2, 0) is 25.6 Å². The molecule has 0 bridgehead atoms. The number of nitrogens with one attached hydrogen (secondary N) is 3. The van der Waals surface area contributed by atoms with E-state index in [0.29, 0.717) is 12.2 Å². The normalized spacial score (nSPS) is 10.7. The van der Waals surface area contributed by atoms with E-state index in [4.69, 9.17) is 9.47 Å². The predicted molar refractivity (Wildman–Crippen MR) is 93.0 cm³/mol. The smallest absolute Gasteiger partial charge is 0.408 e. The molecule has 8 heteroatoms. The fourth-order valence-electron chi connectivity index (χ4n) is 1.76. The second-order valence-corrected chi connectivity index (χ2v) is 6.31. The van der Waals surface area contributed by atoms with Crippen LogP contribution in [0.5, 0.6) is 0 Å². The summed E-state index contributed by atoms with van der Waals surface area (Å²) in [5.41, 5.74) is 0.854. The van der Waals surface area contributed by atoms with Crippen LogP contribution in [0.25, 0.3) is 0 Å². The van der Waals surface area contributed by atoms with Crippen LogP contribution in [0.1, 0.15) is 26.3 Å². The highest BCUT2D eigenvalue weighted by atomic mass is 16.6. The van der Waals surface area contributed by atoms with Crippen LogP contribution in [-0.4, -0.2) is 43.8 Å². The van der Waals surface area contributed by atoms with Crippen LogP contribution in [0.3, 0.4) is 0 Å². The van der Waals surface area contributed by atoms with Gasteiger partial charge in [0.05, 0.1) is 0 Å². The minimum Gasteiger partial charge on any atom is -0.444 e. The van der Waals surface area contributed by atoms with Crippen molar-refractivity contribution in [1.29, 1.82) is 0 Å². The third kappa shape index (κ3) is 9.31. The minimum absolute atomic E-state index is 0.0127. The number of alkyl carbamates (subject to hydrolysis) is 1. The third-order valence-corrected chi connectivity index (χ3v) is 2.79. The quantitative estimate of drug-likeness (QED) is 0.689. The topological polar surface area (TPSA) is 106 Å². The van der Waals surface area contributed by atoms with Gasteiger partial charge in [0, 0.05) is 19.3 Å². The number of carbonyl (C=O) groups is 3. The molecule has 1 aromatic carbocycles. The molecule has 0 fully saturated rings. The Kier molecular flexibility index (Phi) is 7.87. The molecule has 0 saturated carbocycles. The first-order valence-corrected chi connectivity index (χ1v) is 7.81. The van der Waals surface area contributed by atoms with Crippen molar-refractivity contribution < 1.29 is 23.9 Å². The Hall–Kier alpha value is -2.61. The second-order valence-electron chi connectivity index (χ2n) is 6.31. The molecule has 25 heavy (non-hydrogen) atoms. The molecule has 8 nitrogen and oxygen atoms in total. The van der Waals surface area contributed by atoms with Gasteiger partial charge in [0.15, 0.2) is 0 Å². The molecule has 0 aliphatic carbocycles. The third-order valence-electron chi connectivity index (χ3n) is 2.79. The Bertz CT molecular complexity index is 593. The zero-order chi connectivity index (χ0) is 18.9. The molecule has 138 valence electrons. The SMILES string of the molecule is COCC(=O)NCc1ccc(NC(=O)CNC(=O)OC(C)(C)C)cc1. The minimum atomic E-state index is -0.648. The highest BCUT2D eigenvalue weighted by Gasteiger charge is 2.16. The summed E-state index contributed by atoms with van der Waals surface area (Å²) < 4.78 is 9.77.